The Kier molecular flexibility index (Phi) is 8.17. The number of ether oxygens (including phenoxy) is 1. The maximum absolute atomic E-state index is 11.6. The highest BCUT2D eigenvalue weighted by Gasteiger charge is 2.18. The maximum atomic E-state index is 11.6. The SMILES string of the molecule is COCC(=O)NC/C=C/c1ccc2ncnc(N(Oc3ccc(CO)nc3)c3cccc(C)c3)c2c1. The van der Waals surface area contributed by atoms with Crippen molar-refractivity contribution in [3.05, 3.63) is 90.0 Å². The summed E-state index contributed by atoms with van der Waals surface area (Å²) in [5.41, 5.74) is 4.06. The van der Waals surface area contributed by atoms with Crippen LogP contribution < -0.4 is 15.2 Å². The van der Waals surface area contributed by atoms with E-state index in [0.29, 0.717) is 23.8 Å². The van der Waals surface area contributed by atoms with Crippen LogP contribution in [0.4, 0.5) is 11.5 Å². The molecule has 2 aromatic carbocycles. The molecule has 36 heavy (non-hydrogen) atoms. The molecular formula is C27H27N5O4. The van der Waals surface area contributed by atoms with E-state index >= 15 is 0 Å². The first-order valence-electron chi connectivity index (χ1n) is 11.3. The topological polar surface area (TPSA) is 110 Å². The summed E-state index contributed by atoms with van der Waals surface area (Å²) in [5, 5.41) is 14.5. The standard InChI is InChI=1S/C27H27N5O4/c1-19-5-3-7-22(13-19)32(36-23-10-9-21(16-33)29-15-23)27-24-14-20(8-11-25(24)30-18-31-27)6-4-12-28-26(34)17-35-2/h3-11,13-15,18,33H,12,16-17H2,1-2H3,(H,28,34)/b6-4+. The fourth-order valence-electron chi connectivity index (χ4n) is 3.51. The zero-order valence-corrected chi connectivity index (χ0v) is 20.1. The molecule has 1 amide bonds. The van der Waals surface area contributed by atoms with Crippen molar-refractivity contribution in [2.75, 3.05) is 25.3 Å². The number of aryl methyl sites for hydroxylation is 1. The number of aliphatic hydroxyl groups is 1. The van der Waals surface area contributed by atoms with Crippen LogP contribution in [0, 0.1) is 6.92 Å². The van der Waals surface area contributed by atoms with Gasteiger partial charge in [0.25, 0.3) is 0 Å². The number of hydrogen-bond donors (Lipinski definition) is 2. The van der Waals surface area contributed by atoms with Crippen molar-refractivity contribution >= 4 is 34.4 Å². The predicted octanol–water partition coefficient (Wildman–Crippen LogP) is 3.73. The normalized spacial score (nSPS) is 11.1. The van der Waals surface area contributed by atoms with E-state index < -0.39 is 0 Å². The van der Waals surface area contributed by atoms with Crippen LogP contribution in [0.15, 0.2) is 73.2 Å². The van der Waals surface area contributed by atoms with E-state index in [1.807, 2.05) is 61.5 Å². The fourth-order valence-corrected chi connectivity index (χ4v) is 3.51. The van der Waals surface area contributed by atoms with Gasteiger partial charge in [0.15, 0.2) is 11.6 Å². The predicted molar refractivity (Wildman–Crippen MR) is 138 cm³/mol. The van der Waals surface area contributed by atoms with Gasteiger partial charge >= 0.3 is 0 Å². The number of pyridine rings is 1. The zero-order chi connectivity index (χ0) is 25.3. The number of rotatable bonds is 10. The number of carbonyl (C=O) groups is 1. The highest BCUT2D eigenvalue weighted by atomic mass is 16.7. The van der Waals surface area contributed by atoms with Gasteiger partial charge in [-0.05, 0) is 54.4 Å². The molecule has 0 aliphatic rings. The molecule has 0 bridgehead atoms. The summed E-state index contributed by atoms with van der Waals surface area (Å²) in [6.45, 7) is 2.27. The Morgan fingerprint density at radius 1 is 1.11 bits per heavy atom. The number of benzene rings is 2. The highest BCUT2D eigenvalue weighted by molar-refractivity contribution is 5.92. The highest BCUT2D eigenvalue weighted by Crippen LogP contribution is 2.32. The van der Waals surface area contributed by atoms with Gasteiger partial charge in [0.1, 0.15) is 12.9 Å². The summed E-state index contributed by atoms with van der Waals surface area (Å²) in [6.07, 6.45) is 6.83. The first-order valence-corrected chi connectivity index (χ1v) is 11.3. The van der Waals surface area contributed by atoms with Gasteiger partial charge in [-0.2, -0.15) is 5.06 Å². The lowest BCUT2D eigenvalue weighted by molar-refractivity contribution is -0.124. The minimum absolute atomic E-state index is 0.0254. The van der Waals surface area contributed by atoms with Crippen LogP contribution in [0.5, 0.6) is 5.75 Å². The molecule has 0 atom stereocenters. The minimum atomic E-state index is -0.177. The number of fused-ring (bicyclic) bond motifs is 1. The molecule has 0 saturated carbocycles. The summed E-state index contributed by atoms with van der Waals surface area (Å²) in [4.78, 5) is 31.0. The van der Waals surface area contributed by atoms with E-state index in [-0.39, 0.29) is 19.1 Å². The number of methoxy groups -OCH3 is 1. The van der Waals surface area contributed by atoms with Gasteiger partial charge in [0.05, 0.1) is 29.7 Å². The number of aliphatic hydroxyl groups excluding tert-OH is 1. The van der Waals surface area contributed by atoms with Crippen molar-refractivity contribution < 1.29 is 19.5 Å². The quantitative estimate of drug-likeness (QED) is 0.327. The summed E-state index contributed by atoms with van der Waals surface area (Å²) < 4.78 is 4.82. The molecule has 4 aromatic rings. The summed E-state index contributed by atoms with van der Waals surface area (Å²) >= 11 is 0. The number of aromatic nitrogens is 3. The molecule has 2 aromatic heterocycles. The van der Waals surface area contributed by atoms with E-state index in [4.69, 9.17) is 9.57 Å². The van der Waals surface area contributed by atoms with Gasteiger partial charge in [-0.1, -0.05) is 30.4 Å². The van der Waals surface area contributed by atoms with Crippen LogP contribution in [0.1, 0.15) is 16.8 Å². The van der Waals surface area contributed by atoms with Gasteiger partial charge in [0.2, 0.25) is 5.91 Å². The molecule has 2 heterocycles. The Morgan fingerprint density at radius 3 is 2.75 bits per heavy atom. The molecule has 4 rings (SSSR count). The largest absolute Gasteiger partial charge is 0.390 e. The molecule has 9 nitrogen and oxygen atoms in total. The monoisotopic (exact) mass is 485 g/mol. The van der Waals surface area contributed by atoms with Gasteiger partial charge in [0, 0.05) is 19.0 Å². The molecule has 0 aliphatic carbocycles. The van der Waals surface area contributed by atoms with E-state index in [1.54, 1.807) is 23.4 Å². The number of anilines is 2. The molecule has 0 unspecified atom stereocenters. The van der Waals surface area contributed by atoms with Gasteiger partial charge in [-0.15, -0.1) is 0 Å². The Labute approximate surface area is 209 Å². The van der Waals surface area contributed by atoms with Crippen LogP contribution in [0.3, 0.4) is 0 Å². The van der Waals surface area contributed by atoms with E-state index in [1.165, 1.54) is 13.4 Å². The summed E-state index contributed by atoms with van der Waals surface area (Å²) in [7, 11) is 1.48. The van der Waals surface area contributed by atoms with Crippen molar-refractivity contribution in [1.82, 2.24) is 20.3 Å². The third kappa shape index (κ3) is 6.21. The molecule has 0 spiro atoms. The Morgan fingerprint density at radius 2 is 2.00 bits per heavy atom. The molecule has 9 heteroatoms. The number of amides is 1. The molecular weight excluding hydrogens is 458 g/mol. The average Bonchev–Trinajstić information content (AvgIpc) is 2.90. The van der Waals surface area contributed by atoms with Crippen molar-refractivity contribution in [3.63, 3.8) is 0 Å². The second kappa shape index (κ2) is 11.9. The van der Waals surface area contributed by atoms with E-state index in [9.17, 15) is 9.90 Å². The van der Waals surface area contributed by atoms with Crippen LogP contribution in [0.2, 0.25) is 0 Å². The fraction of sp³-hybridized carbons (Fsp3) is 0.185. The van der Waals surface area contributed by atoms with Gasteiger partial charge < -0.3 is 20.0 Å². The van der Waals surface area contributed by atoms with Crippen molar-refractivity contribution in [3.8, 4) is 5.75 Å². The third-order valence-electron chi connectivity index (χ3n) is 5.23. The van der Waals surface area contributed by atoms with Crippen LogP contribution in [-0.4, -0.2) is 46.2 Å². The minimum Gasteiger partial charge on any atom is -0.390 e. The number of nitrogens with one attached hydrogen (secondary N) is 1. The molecule has 2 N–H and O–H groups in total. The zero-order valence-electron chi connectivity index (χ0n) is 20.1. The summed E-state index contributed by atoms with van der Waals surface area (Å²) in [6, 6.07) is 17.2. The van der Waals surface area contributed by atoms with E-state index in [2.05, 4.69) is 20.3 Å². The Balaban J connectivity index is 1.69. The smallest absolute Gasteiger partial charge is 0.246 e. The second-order valence-electron chi connectivity index (χ2n) is 7.98. The molecule has 184 valence electrons. The maximum Gasteiger partial charge on any atom is 0.246 e. The number of nitrogens with zero attached hydrogens (tertiary/aromatic N) is 4. The Bertz CT molecular complexity index is 1360. The van der Waals surface area contributed by atoms with Crippen molar-refractivity contribution in [2.45, 2.75) is 13.5 Å². The lowest BCUT2D eigenvalue weighted by Crippen LogP contribution is -2.26. The molecule has 0 saturated heterocycles. The first kappa shape index (κ1) is 24.8. The lowest BCUT2D eigenvalue weighted by atomic mass is 10.1. The lowest BCUT2D eigenvalue weighted by Gasteiger charge is -2.24. The number of carbonyl (C=O) groups excluding carboxylic acids is 1. The molecule has 0 aliphatic heterocycles. The second-order valence-corrected chi connectivity index (χ2v) is 7.98. The van der Waals surface area contributed by atoms with Crippen LogP contribution in [-0.2, 0) is 16.1 Å². The molecule has 0 radical (unpaired) electrons. The molecule has 0 fully saturated rings. The van der Waals surface area contributed by atoms with Crippen LogP contribution >= 0.6 is 0 Å². The summed E-state index contributed by atoms with van der Waals surface area (Å²) in [5.74, 6) is 0.868. The van der Waals surface area contributed by atoms with Gasteiger partial charge in [-0.3, -0.25) is 9.78 Å². The van der Waals surface area contributed by atoms with E-state index in [0.717, 1.165) is 27.7 Å². The third-order valence-corrected chi connectivity index (χ3v) is 5.23. The first-order chi connectivity index (χ1) is 17.6. The average molecular weight is 486 g/mol. The van der Waals surface area contributed by atoms with Gasteiger partial charge in [-0.25, -0.2) is 9.97 Å². The Hall–Kier alpha value is -4.34. The van der Waals surface area contributed by atoms with Crippen LogP contribution in [0.25, 0.3) is 17.0 Å². The van der Waals surface area contributed by atoms with Crippen molar-refractivity contribution in [1.29, 1.82) is 0 Å². The number of hydrogen-bond acceptors (Lipinski definition) is 8. The van der Waals surface area contributed by atoms with Crippen molar-refractivity contribution in [2.24, 2.45) is 0 Å².